The fourth-order valence-corrected chi connectivity index (χ4v) is 5.54. The molecule has 0 aromatic heterocycles. The number of ether oxygens (including phenoxy) is 1. The highest BCUT2D eigenvalue weighted by Gasteiger charge is 2.52. The predicted octanol–water partition coefficient (Wildman–Crippen LogP) is 0.494. The van der Waals surface area contributed by atoms with Crippen LogP contribution >= 0.6 is 0 Å². The zero-order chi connectivity index (χ0) is 14.8. The first-order valence-corrected chi connectivity index (χ1v) is 8.92. The molecule has 20 heavy (non-hydrogen) atoms. The normalized spacial score (nSPS) is 41.4. The van der Waals surface area contributed by atoms with E-state index in [0.717, 1.165) is 30.2 Å². The summed E-state index contributed by atoms with van der Waals surface area (Å²) in [5, 5.41) is 0. The molecule has 3 heterocycles. The molecule has 0 aliphatic carbocycles. The highest BCUT2D eigenvalue weighted by molar-refractivity contribution is 6.60. The van der Waals surface area contributed by atoms with Gasteiger partial charge in [0.2, 0.25) is 0 Å². The van der Waals surface area contributed by atoms with Crippen LogP contribution < -0.4 is 0 Å². The summed E-state index contributed by atoms with van der Waals surface area (Å²) in [6, 6.07) is 0. The lowest BCUT2D eigenvalue weighted by molar-refractivity contribution is -0.917. The van der Waals surface area contributed by atoms with Gasteiger partial charge >= 0.3 is 14.8 Å². The maximum absolute atomic E-state index is 11.3. The predicted molar refractivity (Wildman–Crippen MR) is 74.7 cm³/mol. The van der Waals surface area contributed by atoms with Crippen LogP contribution in [0.1, 0.15) is 13.8 Å². The van der Waals surface area contributed by atoms with E-state index in [1.54, 1.807) is 0 Å². The molecule has 114 valence electrons. The highest BCUT2D eigenvalue weighted by atomic mass is 28.4. The molecule has 0 radical (unpaired) electrons. The number of hydrogen-bond donors (Lipinski definition) is 0. The van der Waals surface area contributed by atoms with Gasteiger partial charge in [0.05, 0.1) is 25.9 Å². The maximum atomic E-state index is 11.3. The molecule has 0 N–H and O–H groups in total. The van der Waals surface area contributed by atoms with Crippen molar-refractivity contribution in [3.8, 4) is 0 Å². The van der Waals surface area contributed by atoms with E-state index in [4.69, 9.17) is 18.0 Å². The van der Waals surface area contributed by atoms with Crippen LogP contribution in [0.4, 0.5) is 0 Å². The first-order valence-electron chi connectivity index (χ1n) is 6.99. The van der Waals surface area contributed by atoms with Gasteiger partial charge in [-0.05, 0) is 13.8 Å². The smallest absolute Gasteiger partial charge is 0.458 e. The second-order valence-corrected chi connectivity index (χ2v) is 8.32. The van der Waals surface area contributed by atoms with Gasteiger partial charge in [0.15, 0.2) is 6.23 Å². The van der Waals surface area contributed by atoms with Gasteiger partial charge in [0, 0.05) is 6.08 Å². The van der Waals surface area contributed by atoms with Crippen molar-refractivity contribution >= 4 is 14.8 Å². The quantitative estimate of drug-likeness (QED) is 0.329. The molecule has 3 aliphatic heterocycles. The Morgan fingerprint density at radius 3 is 2.55 bits per heavy atom. The topological polar surface area (TPSA) is 54.0 Å². The van der Waals surface area contributed by atoms with Gasteiger partial charge in [-0.3, -0.25) is 0 Å². The van der Waals surface area contributed by atoms with E-state index in [1.165, 1.54) is 0 Å². The molecule has 3 saturated heterocycles. The van der Waals surface area contributed by atoms with Crippen molar-refractivity contribution in [3.05, 3.63) is 12.7 Å². The third kappa shape index (κ3) is 3.67. The number of quaternary nitrogens is 1. The summed E-state index contributed by atoms with van der Waals surface area (Å²) in [5.41, 5.74) is 0. The van der Waals surface area contributed by atoms with E-state index in [2.05, 4.69) is 13.6 Å². The van der Waals surface area contributed by atoms with E-state index >= 15 is 0 Å². The Hall–Kier alpha value is -0.733. The summed E-state index contributed by atoms with van der Waals surface area (Å²) in [6.07, 6.45) is 1.22. The summed E-state index contributed by atoms with van der Waals surface area (Å²) < 4.78 is 24.0. The molecule has 0 amide bonds. The van der Waals surface area contributed by atoms with E-state index in [-0.39, 0.29) is 18.4 Å². The fourth-order valence-electron chi connectivity index (χ4n) is 3.03. The van der Waals surface area contributed by atoms with Gasteiger partial charge in [-0.2, -0.15) is 0 Å². The molecule has 2 atom stereocenters. The average molecular weight is 302 g/mol. The van der Waals surface area contributed by atoms with Crippen molar-refractivity contribution in [1.29, 1.82) is 0 Å². The van der Waals surface area contributed by atoms with Crippen LogP contribution in [0.2, 0.25) is 0 Å². The fraction of sp³-hybridized carbons (Fsp3) is 0.769. The third-order valence-electron chi connectivity index (χ3n) is 3.67. The van der Waals surface area contributed by atoms with E-state index in [0.29, 0.717) is 6.61 Å². The Labute approximate surface area is 121 Å². The van der Waals surface area contributed by atoms with Crippen LogP contribution in [0.3, 0.4) is 0 Å². The van der Waals surface area contributed by atoms with Gasteiger partial charge < -0.3 is 22.5 Å². The summed E-state index contributed by atoms with van der Waals surface area (Å²) in [5.74, 6) is -0.479. The van der Waals surface area contributed by atoms with E-state index in [1.807, 2.05) is 13.8 Å². The zero-order valence-corrected chi connectivity index (χ0v) is 13.5. The van der Waals surface area contributed by atoms with Crippen LogP contribution in [0.15, 0.2) is 12.7 Å². The van der Waals surface area contributed by atoms with Crippen molar-refractivity contribution in [1.82, 2.24) is 0 Å². The lowest BCUT2D eigenvalue weighted by Crippen LogP contribution is -2.66. The van der Waals surface area contributed by atoms with Crippen LogP contribution in [-0.4, -0.2) is 71.0 Å². The molecule has 3 fully saturated rings. The minimum absolute atomic E-state index is 0.0156. The van der Waals surface area contributed by atoms with Crippen molar-refractivity contribution in [3.63, 3.8) is 0 Å². The molecule has 2 bridgehead atoms. The molecule has 7 heteroatoms. The molecular formula is C13H24NO5Si+. The zero-order valence-electron chi connectivity index (χ0n) is 12.5. The summed E-state index contributed by atoms with van der Waals surface area (Å²) in [4.78, 5) is 11.3. The van der Waals surface area contributed by atoms with Crippen molar-refractivity contribution < 1.29 is 27.3 Å². The van der Waals surface area contributed by atoms with Crippen molar-refractivity contribution in [2.24, 2.45) is 0 Å². The molecule has 2 unspecified atom stereocenters. The van der Waals surface area contributed by atoms with E-state index in [9.17, 15) is 4.79 Å². The number of hydrogen-bond acceptors (Lipinski definition) is 5. The molecular weight excluding hydrogens is 278 g/mol. The number of esters is 1. The Balaban J connectivity index is 2.16. The SMILES string of the molecule is C=CC(=O)OC[Si]12OCC[N+](C)(CC(C)O1)CC(C)O2. The lowest BCUT2D eigenvalue weighted by Gasteiger charge is -2.47. The Morgan fingerprint density at radius 2 is 2.00 bits per heavy atom. The second-order valence-electron chi connectivity index (χ2n) is 5.91. The summed E-state index contributed by atoms with van der Waals surface area (Å²) >= 11 is 0. The number of likely N-dealkylation sites (N-methyl/N-ethyl adjacent to an activating group) is 1. The molecule has 0 spiro atoms. The largest absolute Gasteiger partial charge is 0.541 e. The molecule has 0 aromatic rings. The Kier molecular flexibility index (Phi) is 4.65. The average Bonchev–Trinajstić information content (AvgIpc) is 2.31. The molecule has 6 nitrogen and oxygen atoms in total. The number of carbonyl (C=O) groups is 1. The molecule has 3 rings (SSSR count). The minimum atomic E-state index is -2.97. The van der Waals surface area contributed by atoms with Crippen LogP contribution in [0.25, 0.3) is 0 Å². The second kappa shape index (κ2) is 5.95. The maximum Gasteiger partial charge on any atom is 0.541 e. The standard InChI is InChI=1S/C13H24NO5Si/c1-5-13(15)16-10-20-17-7-6-14(4,8-11(2)18-20)9-12(3)19-20/h5,11-12H,1,6-10H2,2-4H3/q+1. The Morgan fingerprint density at radius 1 is 1.40 bits per heavy atom. The van der Waals surface area contributed by atoms with Gasteiger partial charge in [-0.25, -0.2) is 4.79 Å². The molecule has 0 saturated carbocycles. The Bertz CT molecular complexity index is 375. The molecule has 3 aliphatic rings. The van der Waals surface area contributed by atoms with Crippen molar-refractivity contribution in [2.45, 2.75) is 26.1 Å². The van der Waals surface area contributed by atoms with Gasteiger partial charge in [-0.15, -0.1) is 0 Å². The number of fused-ring (bicyclic) bond motifs is 6. The number of carbonyl (C=O) groups excluding carboxylic acids is 1. The lowest BCUT2D eigenvalue weighted by atomic mass is 10.2. The number of rotatable bonds is 3. The van der Waals surface area contributed by atoms with Gasteiger partial charge in [0.25, 0.3) is 0 Å². The van der Waals surface area contributed by atoms with E-state index < -0.39 is 14.8 Å². The van der Waals surface area contributed by atoms with Crippen LogP contribution in [0.5, 0.6) is 0 Å². The van der Waals surface area contributed by atoms with Crippen molar-refractivity contribution in [2.75, 3.05) is 39.5 Å². The first kappa shape index (κ1) is 15.7. The molecule has 0 aromatic carbocycles. The third-order valence-corrected chi connectivity index (χ3v) is 6.33. The minimum Gasteiger partial charge on any atom is -0.458 e. The summed E-state index contributed by atoms with van der Waals surface area (Å²) in [7, 11) is -0.771. The summed E-state index contributed by atoms with van der Waals surface area (Å²) in [6.45, 7) is 10.7. The van der Waals surface area contributed by atoms with Crippen LogP contribution in [0, 0.1) is 0 Å². The van der Waals surface area contributed by atoms with Gasteiger partial charge in [-0.1, -0.05) is 6.58 Å². The first-order chi connectivity index (χ1) is 9.36. The highest BCUT2D eigenvalue weighted by Crippen LogP contribution is 2.25. The van der Waals surface area contributed by atoms with Crippen LogP contribution in [-0.2, 0) is 22.8 Å². The monoisotopic (exact) mass is 302 g/mol. The van der Waals surface area contributed by atoms with Gasteiger partial charge in [0.1, 0.15) is 19.6 Å². The number of nitrogens with zero attached hydrogens (tertiary/aromatic N) is 1.